The van der Waals surface area contributed by atoms with Crippen LogP contribution >= 0.6 is 0 Å². The van der Waals surface area contributed by atoms with Gasteiger partial charge in [0, 0.05) is 18.1 Å². The molecule has 1 aliphatic rings. The molecule has 1 fully saturated rings. The van der Waals surface area contributed by atoms with E-state index in [1.807, 2.05) is 0 Å². The molecule has 0 spiro atoms. The number of benzene rings is 1. The third kappa shape index (κ3) is 3.33. The third-order valence-corrected chi connectivity index (χ3v) is 4.27. The maximum Gasteiger partial charge on any atom is 0.0309 e. The molecule has 1 saturated carbocycles. The maximum absolute atomic E-state index is 6.07. The van der Waals surface area contributed by atoms with Gasteiger partial charge in [-0.05, 0) is 25.3 Å². The SMILES string of the molecule is CC(NC1(CN)CCCCCC1)c1ccccc1. The van der Waals surface area contributed by atoms with Crippen molar-refractivity contribution < 1.29 is 0 Å². The van der Waals surface area contributed by atoms with E-state index in [4.69, 9.17) is 5.73 Å². The molecule has 2 heteroatoms. The Kier molecular flexibility index (Phi) is 4.79. The van der Waals surface area contributed by atoms with Gasteiger partial charge in [0.25, 0.3) is 0 Å². The standard InChI is InChI=1S/C16H26N2/c1-14(15-9-5-4-6-10-15)18-16(13-17)11-7-2-3-8-12-16/h4-6,9-10,14,18H,2-3,7-8,11-13,17H2,1H3. The molecule has 0 aromatic heterocycles. The van der Waals surface area contributed by atoms with E-state index < -0.39 is 0 Å². The van der Waals surface area contributed by atoms with Gasteiger partial charge in [-0.15, -0.1) is 0 Å². The summed E-state index contributed by atoms with van der Waals surface area (Å²) in [5.74, 6) is 0. The van der Waals surface area contributed by atoms with Crippen LogP contribution in [-0.2, 0) is 0 Å². The van der Waals surface area contributed by atoms with Crippen LogP contribution in [0, 0.1) is 0 Å². The Labute approximate surface area is 111 Å². The number of hydrogen-bond acceptors (Lipinski definition) is 2. The Morgan fingerprint density at radius 2 is 1.72 bits per heavy atom. The van der Waals surface area contributed by atoms with Crippen molar-refractivity contribution in [1.29, 1.82) is 0 Å². The molecule has 3 N–H and O–H groups in total. The van der Waals surface area contributed by atoms with Crippen LogP contribution < -0.4 is 11.1 Å². The van der Waals surface area contributed by atoms with E-state index in [2.05, 4.69) is 42.6 Å². The van der Waals surface area contributed by atoms with Crippen molar-refractivity contribution in [1.82, 2.24) is 5.32 Å². The Morgan fingerprint density at radius 3 is 2.28 bits per heavy atom. The molecule has 2 nitrogen and oxygen atoms in total. The molecule has 18 heavy (non-hydrogen) atoms. The largest absolute Gasteiger partial charge is 0.329 e. The van der Waals surface area contributed by atoms with Crippen molar-refractivity contribution in [2.24, 2.45) is 5.73 Å². The Morgan fingerprint density at radius 1 is 1.11 bits per heavy atom. The summed E-state index contributed by atoms with van der Waals surface area (Å²) >= 11 is 0. The predicted molar refractivity (Wildman–Crippen MR) is 77.5 cm³/mol. The summed E-state index contributed by atoms with van der Waals surface area (Å²) in [5, 5.41) is 3.81. The zero-order valence-electron chi connectivity index (χ0n) is 11.5. The summed E-state index contributed by atoms with van der Waals surface area (Å²) in [5.41, 5.74) is 7.59. The lowest BCUT2D eigenvalue weighted by Crippen LogP contribution is -2.51. The number of hydrogen-bond donors (Lipinski definition) is 2. The van der Waals surface area contributed by atoms with Gasteiger partial charge in [-0.25, -0.2) is 0 Å². The second kappa shape index (κ2) is 6.35. The first-order valence-corrected chi connectivity index (χ1v) is 7.28. The third-order valence-electron chi connectivity index (χ3n) is 4.27. The second-order valence-corrected chi connectivity index (χ2v) is 5.68. The second-order valence-electron chi connectivity index (χ2n) is 5.68. The van der Waals surface area contributed by atoms with Gasteiger partial charge in [0.1, 0.15) is 0 Å². The molecule has 0 heterocycles. The monoisotopic (exact) mass is 246 g/mol. The van der Waals surface area contributed by atoms with Gasteiger partial charge >= 0.3 is 0 Å². The summed E-state index contributed by atoms with van der Waals surface area (Å²) in [6, 6.07) is 11.1. The van der Waals surface area contributed by atoms with Gasteiger partial charge in [0.2, 0.25) is 0 Å². The quantitative estimate of drug-likeness (QED) is 0.799. The highest BCUT2D eigenvalue weighted by atomic mass is 15.0. The van der Waals surface area contributed by atoms with Crippen LogP contribution in [0.3, 0.4) is 0 Å². The van der Waals surface area contributed by atoms with Crippen LogP contribution in [0.1, 0.15) is 57.1 Å². The molecule has 2 rings (SSSR count). The summed E-state index contributed by atoms with van der Waals surface area (Å²) in [6.45, 7) is 3.00. The number of nitrogens with one attached hydrogen (secondary N) is 1. The Balaban J connectivity index is 2.05. The van der Waals surface area contributed by atoms with Gasteiger partial charge in [-0.3, -0.25) is 0 Å². The van der Waals surface area contributed by atoms with Gasteiger partial charge in [-0.1, -0.05) is 56.0 Å². The highest BCUT2D eigenvalue weighted by molar-refractivity contribution is 5.18. The summed E-state index contributed by atoms with van der Waals surface area (Å²) in [7, 11) is 0. The first kappa shape index (κ1) is 13.6. The molecular formula is C16H26N2. The molecule has 1 unspecified atom stereocenters. The van der Waals surface area contributed by atoms with Gasteiger partial charge in [-0.2, -0.15) is 0 Å². The van der Waals surface area contributed by atoms with Crippen molar-refractivity contribution >= 4 is 0 Å². The fourth-order valence-electron chi connectivity index (χ4n) is 3.10. The van der Waals surface area contributed by atoms with E-state index in [1.165, 1.54) is 44.1 Å². The summed E-state index contributed by atoms with van der Waals surface area (Å²) in [6.07, 6.45) is 7.80. The predicted octanol–water partition coefficient (Wildman–Crippen LogP) is 3.39. The average molecular weight is 246 g/mol. The van der Waals surface area contributed by atoms with E-state index in [0.29, 0.717) is 6.04 Å². The minimum absolute atomic E-state index is 0.158. The van der Waals surface area contributed by atoms with Gasteiger partial charge in [0.05, 0.1) is 0 Å². The average Bonchev–Trinajstić information content (AvgIpc) is 2.66. The van der Waals surface area contributed by atoms with E-state index in [0.717, 1.165) is 6.54 Å². The smallest absolute Gasteiger partial charge is 0.0309 e. The lowest BCUT2D eigenvalue weighted by Gasteiger charge is -2.36. The summed E-state index contributed by atoms with van der Waals surface area (Å²) < 4.78 is 0. The Bertz CT molecular complexity index is 339. The van der Waals surface area contributed by atoms with E-state index >= 15 is 0 Å². The van der Waals surface area contributed by atoms with Crippen LogP contribution in [0.4, 0.5) is 0 Å². The molecule has 0 saturated heterocycles. The minimum atomic E-state index is 0.158. The first-order chi connectivity index (χ1) is 8.76. The maximum atomic E-state index is 6.07. The molecule has 1 atom stereocenters. The van der Waals surface area contributed by atoms with Crippen molar-refractivity contribution in [3.05, 3.63) is 35.9 Å². The lowest BCUT2D eigenvalue weighted by atomic mass is 9.88. The van der Waals surface area contributed by atoms with E-state index in [1.54, 1.807) is 0 Å². The lowest BCUT2D eigenvalue weighted by molar-refractivity contribution is 0.265. The van der Waals surface area contributed by atoms with E-state index in [9.17, 15) is 0 Å². The fourth-order valence-corrected chi connectivity index (χ4v) is 3.10. The number of nitrogens with two attached hydrogens (primary N) is 1. The highest BCUT2D eigenvalue weighted by Gasteiger charge is 2.30. The molecule has 0 bridgehead atoms. The molecular weight excluding hydrogens is 220 g/mol. The fraction of sp³-hybridized carbons (Fsp3) is 0.625. The molecule has 0 radical (unpaired) electrons. The van der Waals surface area contributed by atoms with Gasteiger partial charge in [0.15, 0.2) is 0 Å². The minimum Gasteiger partial charge on any atom is -0.329 e. The van der Waals surface area contributed by atoms with Crippen LogP contribution in [0.5, 0.6) is 0 Å². The van der Waals surface area contributed by atoms with Crippen molar-refractivity contribution in [2.75, 3.05) is 6.54 Å². The van der Waals surface area contributed by atoms with Crippen molar-refractivity contribution in [3.8, 4) is 0 Å². The summed E-state index contributed by atoms with van der Waals surface area (Å²) in [4.78, 5) is 0. The molecule has 0 amide bonds. The zero-order valence-corrected chi connectivity index (χ0v) is 11.5. The number of rotatable bonds is 4. The topological polar surface area (TPSA) is 38.0 Å². The first-order valence-electron chi connectivity index (χ1n) is 7.28. The van der Waals surface area contributed by atoms with Crippen LogP contribution in [0.2, 0.25) is 0 Å². The highest BCUT2D eigenvalue weighted by Crippen LogP contribution is 2.29. The van der Waals surface area contributed by atoms with Gasteiger partial charge < -0.3 is 11.1 Å². The van der Waals surface area contributed by atoms with Crippen LogP contribution in [0.25, 0.3) is 0 Å². The van der Waals surface area contributed by atoms with Crippen molar-refractivity contribution in [2.45, 2.75) is 57.0 Å². The van der Waals surface area contributed by atoms with Crippen LogP contribution in [0.15, 0.2) is 30.3 Å². The van der Waals surface area contributed by atoms with E-state index in [-0.39, 0.29) is 5.54 Å². The molecule has 100 valence electrons. The van der Waals surface area contributed by atoms with Crippen LogP contribution in [-0.4, -0.2) is 12.1 Å². The molecule has 1 aromatic carbocycles. The van der Waals surface area contributed by atoms with Crippen molar-refractivity contribution in [3.63, 3.8) is 0 Å². The molecule has 0 aliphatic heterocycles. The molecule has 1 aliphatic carbocycles. The normalized spacial score (nSPS) is 21.2. The zero-order chi connectivity index (χ0) is 12.8. The molecule has 1 aromatic rings. The Hall–Kier alpha value is -0.860.